The molecule has 2 bridgehead atoms. The standard InChI is InChI=1S/C38H33N/c1-38(2)34-14-6-5-12-30(34)26-19-18-25-20-21-29(24-32(25)31-13-9-15-35(38)33(31)23-26)39-36-16-7-3-10-27(36)22-28-11-4-8-17-37(28)39/h3-17,20-21,24,26H,18-19,22-23H2,1-2H3. The first-order chi connectivity index (χ1) is 19.1. The molecular weight excluding hydrogens is 470 g/mol. The Labute approximate surface area is 231 Å². The van der Waals surface area contributed by atoms with Gasteiger partial charge in [0.25, 0.3) is 0 Å². The maximum absolute atomic E-state index is 2.48. The highest BCUT2D eigenvalue weighted by atomic mass is 15.2. The summed E-state index contributed by atoms with van der Waals surface area (Å²) in [5.74, 6) is 0.552. The summed E-state index contributed by atoms with van der Waals surface area (Å²) >= 11 is 0. The summed E-state index contributed by atoms with van der Waals surface area (Å²) in [6.07, 6.45) is 4.39. The van der Waals surface area contributed by atoms with Gasteiger partial charge in [0.05, 0.1) is 0 Å². The molecule has 0 saturated heterocycles. The zero-order chi connectivity index (χ0) is 26.1. The fourth-order valence-electron chi connectivity index (χ4n) is 7.70. The number of fused-ring (bicyclic) bond motifs is 7. The number of rotatable bonds is 1. The van der Waals surface area contributed by atoms with Gasteiger partial charge in [-0.3, -0.25) is 0 Å². The minimum absolute atomic E-state index is 0.0243. The van der Waals surface area contributed by atoms with Crippen molar-refractivity contribution in [3.05, 3.63) is 148 Å². The van der Waals surface area contributed by atoms with Crippen molar-refractivity contribution in [1.29, 1.82) is 0 Å². The van der Waals surface area contributed by atoms with Gasteiger partial charge in [0.1, 0.15) is 0 Å². The highest BCUT2D eigenvalue weighted by molar-refractivity contribution is 5.86. The van der Waals surface area contributed by atoms with Crippen molar-refractivity contribution in [3.63, 3.8) is 0 Å². The minimum Gasteiger partial charge on any atom is -0.310 e. The first-order valence-electron chi connectivity index (χ1n) is 14.4. The zero-order valence-corrected chi connectivity index (χ0v) is 22.7. The van der Waals surface area contributed by atoms with Gasteiger partial charge in [-0.25, -0.2) is 0 Å². The molecule has 5 aromatic rings. The Hall–Kier alpha value is -4.10. The Morgan fingerprint density at radius 3 is 2.13 bits per heavy atom. The molecule has 1 nitrogen and oxygen atoms in total. The van der Waals surface area contributed by atoms with Crippen molar-refractivity contribution in [2.24, 2.45) is 0 Å². The molecular formula is C38H33N. The first-order valence-corrected chi connectivity index (χ1v) is 14.4. The molecule has 0 N–H and O–H groups in total. The van der Waals surface area contributed by atoms with E-state index in [1.54, 1.807) is 11.1 Å². The van der Waals surface area contributed by atoms with Gasteiger partial charge in [0.15, 0.2) is 0 Å². The predicted octanol–water partition coefficient (Wildman–Crippen LogP) is 9.64. The van der Waals surface area contributed by atoms with Gasteiger partial charge in [-0.2, -0.15) is 0 Å². The molecule has 0 fully saturated rings. The number of hydrogen-bond donors (Lipinski definition) is 0. The molecule has 0 saturated carbocycles. The van der Waals surface area contributed by atoms with Gasteiger partial charge >= 0.3 is 0 Å². The van der Waals surface area contributed by atoms with Crippen LogP contribution in [0.5, 0.6) is 0 Å². The minimum atomic E-state index is -0.0243. The van der Waals surface area contributed by atoms with Crippen LogP contribution in [0.2, 0.25) is 0 Å². The molecule has 190 valence electrons. The van der Waals surface area contributed by atoms with E-state index in [2.05, 4.69) is 128 Å². The van der Waals surface area contributed by atoms with Gasteiger partial charge in [-0.1, -0.05) is 98.8 Å². The predicted molar refractivity (Wildman–Crippen MR) is 163 cm³/mol. The summed E-state index contributed by atoms with van der Waals surface area (Å²) in [6, 6.07) is 41.3. The Kier molecular flexibility index (Phi) is 4.95. The van der Waals surface area contributed by atoms with E-state index in [1.807, 2.05) is 0 Å². The van der Waals surface area contributed by atoms with Crippen LogP contribution in [0.1, 0.15) is 65.1 Å². The third-order valence-corrected chi connectivity index (χ3v) is 9.62. The molecule has 8 rings (SSSR count). The van der Waals surface area contributed by atoms with Crippen molar-refractivity contribution in [2.75, 3.05) is 4.90 Å². The van der Waals surface area contributed by atoms with Crippen molar-refractivity contribution in [3.8, 4) is 11.1 Å². The molecule has 1 atom stereocenters. The van der Waals surface area contributed by atoms with Crippen molar-refractivity contribution < 1.29 is 0 Å². The fraction of sp³-hybridized carbons (Fsp3) is 0.211. The topological polar surface area (TPSA) is 3.24 Å². The van der Waals surface area contributed by atoms with Crippen LogP contribution < -0.4 is 4.90 Å². The second-order valence-electron chi connectivity index (χ2n) is 12.1. The third kappa shape index (κ3) is 3.39. The third-order valence-electron chi connectivity index (χ3n) is 9.62. The van der Waals surface area contributed by atoms with E-state index in [0.29, 0.717) is 5.92 Å². The molecule has 3 aliphatic rings. The van der Waals surface area contributed by atoms with Crippen LogP contribution in [-0.4, -0.2) is 0 Å². The quantitative estimate of drug-likeness (QED) is 0.216. The normalized spacial score (nSPS) is 18.0. The summed E-state index contributed by atoms with van der Waals surface area (Å²) in [7, 11) is 0. The Morgan fingerprint density at radius 2 is 1.33 bits per heavy atom. The summed E-state index contributed by atoms with van der Waals surface area (Å²) < 4.78 is 0. The molecule has 5 aromatic carbocycles. The molecule has 1 unspecified atom stereocenters. The number of anilines is 3. The summed E-state index contributed by atoms with van der Waals surface area (Å²) in [5.41, 5.74) is 17.0. The monoisotopic (exact) mass is 503 g/mol. The highest BCUT2D eigenvalue weighted by Crippen LogP contribution is 2.50. The van der Waals surface area contributed by atoms with Crippen LogP contribution in [0.15, 0.2) is 109 Å². The average molecular weight is 504 g/mol. The van der Waals surface area contributed by atoms with E-state index in [4.69, 9.17) is 0 Å². The second kappa shape index (κ2) is 8.45. The molecule has 0 radical (unpaired) electrons. The summed E-state index contributed by atoms with van der Waals surface area (Å²) in [4.78, 5) is 2.48. The molecule has 1 heterocycles. The Bertz CT molecular complexity index is 1710. The number of hydrogen-bond acceptors (Lipinski definition) is 1. The SMILES string of the molecule is CC1(C)c2ccccc2C2CCc3ccc(N4c5ccccc5Cc5ccccc54)cc3-c3cccc1c3C2. The maximum atomic E-state index is 2.48. The number of aryl methyl sites for hydroxylation is 1. The van der Waals surface area contributed by atoms with Gasteiger partial charge in [0, 0.05) is 28.9 Å². The highest BCUT2D eigenvalue weighted by Gasteiger charge is 2.36. The van der Waals surface area contributed by atoms with Gasteiger partial charge in [-0.05, 0) is 99.5 Å². The molecule has 0 aromatic heterocycles. The largest absolute Gasteiger partial charge is 0.310 e. The number of benzene rings is 5. The van der Waals surface area contributed by atoms with Crippen LogP contribution in [0, 0.1) is 0 Å². The second-order valence-corrected chi connectivity index (χ2v) is 12.1. The Balaban J connectivity index is 1.35. The van der Waals surface area contributed by atoms with E-state index < -0.39 is 0 Å². The average Bonchev–Trinajstić information content (AvgIpc) is 3.06. The molecule has 0 amide bonds. The van der Waals surface area contributed by atoms with Crippen LogP contribution in [0.3, 0.4) is 0 Å². The van der Waals surface area contributed by atoms with E-state index in [-0.39, 0.29) is 5.41 Å². The zero-order valence-electron chi connectivity index (χ0n) is 22.7. The van der Waals surface area contributed by atoms with Gasteiger partial charge in [0.2, 0.25) is 0 Å². The number of nitrogens with zero attached hydrogens (tertiary/aromatic N) is 1. The van der Waals surface area contributed by atoms with E-state index in [1.165, 1.54) is 62.4 Å². The lowest BCUT2D eigenvalue weighted by Crippen LogP contribution is -2.21. The molecule has 39 heavy (non-hydrogen) atoms. The van der Waals surface area contributed by atoms with Crippen LogP contribution in [0.25, 0.3) is 11.1 Å². The van der Waals surface area contributed by atoms with Crippen molar-refractivity contribution in [1.82, 2.24) is 0 Å². The maximum Gasteiger partial charge on any atom is 0.0497 e. The van der Waals surface area contributed by atoms with Crippen molar-refractivity contribution >= 4 is 17.1 Å². The summed E-state index contributed by atoms with van der Waals surface area (Å²) in [6.45, 7) is 4.85. The molecule has 2 aliphatic carbocycles. The van der Waals surface area contributed by atoms with Crippen LogP contribution in [-0.2, 0) is 24.7 Å². The van der Waals surface area contributed by atoms with Crippen LogP contribution >= 0.6 is 0 Å². The van der Waals surface area contributed by atoms with Crippen molar-refractivity contribution in [2.45, 2.75) is 50.9 Å². The molecule has 0 spiro atoms. The fourth-order valence-corrected chi connectivity index (χ4v) is 7.70. The lowest BCUT2D eigenvalue weighted by Gasteiger charge is -2.34. The lowest BCUT2D eigenvalue weighted by molar-refractivity contribution is 0.610. The molecule has 1 aliphatic heterocycles. The Morgan fingerprint density at radius 1 is 0.641 bits per heavy atom. The van der Waals surface area contributed by atoms with E-state index in [9.17, 15) is 0 Å². The number of para-hydroxylation sites is 2. The smallest absolute Gasteiger partial charge is 0.0497 e. The summed E-state index contributed by atoms with van der Waals surface area (Å²) in [5, 5.41) is 0. The van der Waals surface area contributed by atoms with E-state index in [0.717, 1.165) is 19.3 Å². The van der Waals surface area contributed by atoms with E-state index >= 15 is 0 Å². The molecule has 1 heteroatoms. The van der Waals surface area contributed by atoms with Gasteiger partial charge < -0.3 is 4.90 Å². The first kappa shape index (κ1) is 22.8. The lowest BCUT2D eigenvalue weighted by atomic mass is 9.74. The van der Waals surface area contributed by atoms with Crippen LogP contribution in [0.4, 0.5) is 17.1 Å². The van der Waals surface area contributed by atoms with Gasteiger partial charge in [-0.15, -0.1) is 0 Å².